The Hall–Kier alpha value is -2.64. The Morgan fingerprint density at radius 3 is 2.55 bits per heavy atom. The van der Waals surface area contributed by atoms with Gasteiger partial charge in [0.2, 0.25) is 6.79 Å². The number of nitrogens with zero attached hydrogens (tertiary/aromatic N) is 1. The van der Waals surface area contributed by atoms with Crippen LogP contribution in [0.4, 0.5) is 0 Å². The fraction of sp³-hybridized carbons (Fsp3) is 0.455. The van der Waals surface area contributed by atoms with Gasteiger partial charge in [0.1, 0.15) is 5.75 Å². The standard InChI is InChI=1S/C22H25NO6/c1-13-20(14-4-3-5-16(25-2)21(14)24)15-10-18-19(28-12-27-18)11-17(15)29-22(13)23-6-8-26-9-7-23/h3-5,10-11,13,20,22,24H,6-9,12H2,1-2H3. The van der Waals surface area contributed by atoms with Crippen molar-refractivity contribution in [3.63, 3.8) is 0 Å². The Balaban J connectivity index is 1.63. The largest absolute Gasteiger partial charge is 0.504 e. The number of phenols is 1. The monoisotopic (exact) mass is 399 g/mol. The predicted octanol–water partition coefficient (Wildman–Crippen LogP) is 2.95. The van der Waals surface area contributed by atoms with Gasteiger partial charge in [-0.05, 0) is 12.1 Å². The van der Waals surface area contributed by atoms with Gasteiger partial charge in [-0.2, -0.15) is 0 Å². The van der Waals surface area contributed by atoms with E-state index >= 15 is 0 Å². The summed E-state index contributed by atoms with van der Waals surface area (Å²) in [6.45, 7) is 5.37. The smallest absolute Gasteiger partial charge is 0.231 e. The lowest BCUT2D eigenvalue weighted by Crippen LogP contribution is -2.52. The number of fused-ring (bicyclic) bond motifs is 2. The van der Waals surface area contributed by atoms with E-state index in [0.717, 1.165) is 30.0 Å². The van der Waals surface area contributed by atoms with Crippen LogP contribution in [0.3, 0.4) is 0 Å². The molecular formula is C22H25NO6. The molecule has 0 bridgehead atoms. The molecule has 0 aromatic heterocycles. The molecule has 154 valence electrons. The van der Waals surface area contributed by atoms with E-state index in [2.05, 4.69) is 11.8 Å². The number of ether oxygens (including phenoxy) is 5. The number of para-hydroxylation sites is 1. The van der Waals surface area contributed by atoms with E-state index in [1.807, 2.05) is 24.3 Å². The molecule has 0 radical (unpaired) electrons. The van der Waals surface area contributed by atoms with Crippen LogP contribution in [-0.4, -0.2) is 56.4 Å². The van der Waals surface area contributed by atoms with Gasteiger partial charge < -0.3 is 28.8 Å². The second-order valence-corrected chi connectivity index (χ2v) is 7.63. The molecule has 0 spiro atoms. The fourth-order valence-electron chi connectivity index (χ4n) is 4.61. The molecule has 0 amide bonds. The van der Waals surface area contributed by atoms with E-state index in [-0.39, 0.29) is 30.6 Å². The summed E-state index contributed by atoms with van der Waals surface area (Å²) in [6, 6.07) is 9.51. The Kier molecular flexibility index (Phi) is 4.64. The number of phenolic OH excluding ortho intramolecular Hbond substituents is 1. The molecule has 1 N–H and O–H groups in total. The molecule has 3 aliphatic heterocycles. The minimum absolute atomic E-state index is 0.0824. The van der Waals surface area contributed by atoms with Crippen molar-refractivity contribution in [2.24, 2.45) is 5.92 Å². The highest BCUT2D eigenvalue weighted by molar-refractivity contribution is 5.59. The van der Waals surface area contributed by atoms with Gasteiger partial charge in [-0.3, -0.25) is 4.90 Å². The average molecular weight is 399 g/mol. The van der Waals surface area contributed by atoms with Gasteiger partial charge in [-0.1, -0.05) is 19.1 Å². The van der Waals surface area contributed by atoms with E-state index in [4.69, 9.17) is 23.7 Å². The van der Waals surface area contributed by atoms with Gasteiger partial charge in [-0.15, -0.1) is 0 Å². The molecule has 1 saturated heterocycles. The lowest BCUT2D eigenvalue weighted by atomic mass is 9.77. The van der Waals surface area contributed by atoms with Crippen LogP contribution in [-0.2, 0) is 4.74 Å². The van der Waals surface area contributed by atoms with Gasteiger partial charge in [0.25, 0.3) is 0 Å². The Morgan fingerprint density at radius 1 is 1.03 bits per heavy atom. The molecule has 3 heterocycles. The average Bonchev–Trinajstić information content (AvgIpc) is 3.20. The van der Waals surface area contributed by atoms with Crippen molar-refractivity contribution in [2.45, 2.75) is 19.1 Å². The highest BCUT2D eigenvalue weighted by Gasteiger charge is 2.42. The van der Waals surface area contributed by atoms with Crippen LogP contribution in [0.5, 0.6) is 28.7 Å². The third-order valence-electron chi connectivity index (χ3n) is 6.05. The fourth-order valence-corrected chi connectivity index (χ4v) is 4.61. The van der Waals surface area contributed by atoms with Crippen LogP contribution in [0, 0.1) is 5.92 Å². The summed E-state index contributed by atoms with van der Waals surface area (Å²) in [7, 11) is 1.56. The number of methoxy groups -OCH3 is 1. The van der Waals surface area contributed by atoms with Gasteiger partial charge >= 0.3 is 0 Å². The molecule has 2 aromatic carbocycles. The number of morpholine rings is 1. The molecule has 0 aliphatic carbocycles. The first-order valence-corrected chi connectivity index (χ1v) is 9.95. The Morgan fingerprint density at radius 2 is 1.79 bits per heavy atom. The van der Waals surface area contributed by atoms with Crippen LogP contribution in [0.25, 0.3) is 0 Å². The molecule has 3 aliphatic rings. The molecule has 7 nitrogen and oxygen atoms in total. The second-order valence-electron chi connectivity index (χ2n) is 7.63. The van der Waals surface area contributed by atoms with E-state index in [9.17, 15) is 5.11 Å². The molecule has 3 unspecified atom stereocenters. The highest BCUT2D eigenvalue weighted by atomic mass is 16.7. The maximum atomic E-state index is 10.9. The van der Waals surface area contributed by atoms with Gasteiger partial charge in [0, 0.05) is 42.1 Å². The first-order chi connectivity index (χ1) is 14.2. The number of benzene rings is 2. The van der Waals surface area contributed by atoms with Crippen LogP contribution < -0.4 is 18.9 Å². The van der Waals surface area contributed by atoms with Crippen molar-refractivity contribution in [1.82, 2.24) is 4.90 Å². The molecule has 1 fully saturated rings. The van der Waals surface area contributed by atoms with Gasteiger partial charge in [-0.25, -0.2) is 0 Å². The maximum Gasteiger partial charge on any atom is 0.231 e. The summed E-state index contributed by atoms with van der Waals surface area (Å²) < 4.78 is 28.5. The maximum absolute atomic E-state index is 10.9. The number of hydrogen-bond acceptors (Lipinski definition) is 7. The van der Waals surface area contributed by atoms with E-state index in [1.54, 1.807) is 13.2 Å². The molecule has 2 aromatic rings. The topological polar surface area (TPSA) is 69.6 Å². The van der Waals surface area contributed by atoms with E-state index < -0.39 is 0 Å². The predicted molar refractivity (Wildman–Crippen MR) is 105 cm³/mol. The zero-order valence-corrected chi connectivity index (χ0v) is 16.6. The van der Waals surface area contributed by atoms with Crippen molar-refractivity contribution in [1.29, 1.82) is 0 Å². The lowest BCUT2D eigenvalue weighted by molar-refractivity contribution is -0.0785. The normalized spacial score (nSPS) is 25.9. The van der Waals surface area contributed by atoms with E-state index in [0.29, 0.717) is 30.5 Å². The van der Waals surface area contributed by atoms with Gasteiger partial charge in [0.15, 0.2) is 29.2 Å². The quantitative estimate of drug-likeness (QED) is 0.851. The van der Waals surface area contributed by atoms with Crippen molar-refractivity contribution >= 4 is 0 Å². The molecule has 29 heavy (non-hydrogen) atoms. The Labute approximate surface area is 169 Å². The summed E-state index contributed by atoms with van der Waals surface area (Å²) in [6.07, 6.45) is -0.137. The molecular weight excluding hydrogens is 374 g/mol. The van der Waals surface area contributed by atoms with Crippen molar-refractivity contribution in [3.8, 4) is 28.7 Å². The van der Waals surface area contributed by atoms with E-state index in [1.165, 1.54) is 0 Å². The van der Waals surface area contributed by atoms with Crippen LogP contribution in [0.15, 0.2) is 30.3 Å². The van der Waals surface area contributed by atoms with Crippen molar-refractivity contribution in [3.05, 3.63) is 41.5 Å². The first kappa shape index (κ1) is 18.4. The number of hydrogen-bond donors (Lipinski definition) is 1. The minimum Gasteiger partial charge on any atom is -0.504 e. The SMILES string of the molecule is COc1cccc(C2c3cc4c(cc3OC(N3CCOCC3)C2C)OCO4)c1O. The first-order valence-electron chi connectivity index (χ1n) is 9.95. The number of aromatic hydroxyl groups is 1. The van der Waals surface area contributed by atoms with Crippen molar-refractivity contribution in [2.75, 3.05) is 40.2 Å². The van der Waals surface area contributed by atoms with Gasteiger partial charge in [0.05, 0.1) is 20.3 Å². The summed E-state index contributed by atoms with van der Waals surface area (Å²) in [5.41, 5.74) is 1.80. The summed E-state index contributed by atoms with van der Waals surface area (Å²) >= 11 is 0. The van der Waals surface area contributed by atoms with Crippen LogP contribution >= 0.6 is 0 Å². The summed E-state index contributed by atoms with van der Waals surface area (Å²) in [5, 5.41) is 10.9. The summed E-state index contributed by atoms with van der Waals surface area (Å²) in [4.78, 5) is 2.31. The highest BCUT2D eigenvalue weighted by Crippen LogP contribution is 2.52. The Bertz CT molecular complexity index is 910. The zero-order valence-electron chi connectivity index (χ0n) is 16.6. The third-order valence-corrected chi connectivity index (χ3v) is 6.05. The minimum atomic E-state index is -0.137. The number of rotatable bonds is 3. The van der Waals surface area contributed by atoms with Crippen LogP contribution in [0.2, 0.25) is 0 Å². The third kappa shape index (κ3) is 3.05. The lowest BCUT2D eigenvalue weighted by Gasteiger charge is -2.44. The molecule has 0 saturated carbocycles. The van der Waals surface area contributed by atoms with Crippen LogP contribution in [0.1, 0.15) is 24.0 Å². The molecule has 5 rings (SSSR count). The van der Waals surface area contributed by atoms with Crippen molar-refractivity contribution < 1.29 is 28.8 Å². The molecule has 7 heteroatoms. The second kappa shape index (κ2) is 7.31. The molecule has 3 atom stereocenters. The summed E-state index contributed by atoms with van der Waals surface area (Å²) in [5.74, 6) is 2.78. The zero-order chi connectivity index (χ0) is 20.0.